The highest BCUT2D eigenvalue weighted by atomic mass is 16.6. The zero-order valence-electron chi connectivity index (χ0n) is 12.0. The third kappa shape index (κ3) is 4.12. The molecule has 1 aromatic carbocycles. The number of alkyl carbamates (subject to hydrolysis) is 1. The highest BCUT2D eigenvalue weighted by Crippen LogP contribution is 2.11. The zero-order chi connectivity index (χ0) is 14.6. The van der Waals surface area contributed by atoms with Crippen LogP contribution in [0.3, 0.4) is 0 Å². The summed E-state index contributed by atoms with van der Waals surface area (Å²) in [6.07, 6.45) is 4.93. The molecule has 1 aromatic heterocycles. The van der Waals surface area contributed by atoms with E-state index in [1.807, 2.05) is 55.8 Å². The van der Waals surface area contributed by atoms with Gasteiger partial charge in [0.25, 0.3) is 0 Å². The molecule has 2 aromatic rings. The van der Waals surface area contributed by atoms with E-state index in [0.717, 1.165) is 11.3 Å². The smallest absolute Gasteiger partial charge is 0.407 e. The molecule has 0 aliphatic rings. The molecular weight excluding hydrogens is 254 g/mol. The molecule has 0 unspecified atom stereocenters. The normalized spacial score (nSPS) is 11.2. The van der Waals surface area contributed by atoms with E-state index in [9.17, 15) is 4.79 Å². The second kappa shape index (κ2) is 5.77. The number of imidazole rings is 1. The number of ether oxygens (including phenoxy) is 1. The highest BCUT2D eigenvalue weighted by Gasteiger charge is 2.15. The maximum absolute atomic E-state index is 11.6. The molecule has 0 radical (unpaired) electrons. The van der Waals surface area contributed by atoms with Gasteiger partial charge in [0.05, 0.1) is 6.33 Å². The first-order chi connectivity index (χ1) is 9.44. The van der Waals surface area contributed by atoms with E-state index in [0.29, 0.717) is 6.54 Å². The summed E-state index contributed by atoms with van der Waals surface area (Å²) < 4.78 is 7.11. The summed E-state index contributed by atoms with van der Waals surface area (Å²) in [7, 11) is 0. The van der Waals surface area contributed by atoms with E-state index in [-0.39, 0.29) is 0 Å². The second-order valence-electron chi connectivity index (χ2n) is 5.50. The summed E-state index contributed by atoms with van der Waals surface area (Å²) in [5, 5.41) is 2.74. The first-order valence-electron chi connectivity index (χ1n) is 6.48. The van der Waals surface area contributed by atoms with Crippen LogP contribution in [0.15, 0.2) is 43.0 Å². The van der Waals surface area contributed by atoms with Crippen molar-refractivity contribution >= 4 is 6.09 Å². The van der Waals surface area contributed by atoms with Gasteiger partial charge < -0.3 is 14.6 Å². The van der Waals surface area contributed by atoms with Crippen LogP contribution in [0, 0.1) is 0 Å². The van der Waals surface area contributed by atoms with E-state index in [1.165, 1.54) is 0 Å². The van der Waals surface area contributed by atoms with Gasteiger partial charge in [-0.3, -0.25) is 0 Å². The van der Waals surface area contributed by atoms with Gasteiger partial charge in [-0.15, -0.1) is 0 Å². The van der Waals surface area contributed by atoms with Gasteiger partial charge in [-0.2, -0.15) is 0 Å². The fourth-order valence-electron chi connectivity index (χ4n) is 1.73. The van der Waals surface area contributed by atoms with Gasteiger partial charge in [-0.1, -0.05) is 12.1 Å². The zero-order valence-corrected chi connectivity index (χ0v) is 12.0. The van der Waals surface area contributed by atoms with E-state index in [2.05, 4.69) is 10.3 Å². The Morgan fingerprint density at radius 3 is 2.85 bits per heavy atom. The number of nitrogens with zero attached hydrogens (tertiary/aromatic N) is 2. The average Bonchev–Trinajstić information content (AvgIpc) is 2.88. The lowest BCUT2D eigenvalue weighted by Crippen LogP contribution is -2.32. The van der Waals surface area contributed by atoms with Crippen molar-refractivity contribution in [3.8, 4) is 5.69 Å². The summed E-state index contributed by atoms with van der Waals surface area (Å²) in [5.74, 6) is 0. The number of benzene rings is 1. The van der Waals surface area contributed by atoms with Gasteiger partial charge in [0.1, 0.15) is 5.60 Å². The number of aromatic nitrogens is 2. The molecule has 5 nitrogen and oxygen atoms in total. The van der Waals surface area contributed by atoms with Gasteiger partial charge in [-0.25, -0.2) is 9.78 Å². The molecule has 20 heavy (non-hydrogen) atoms. The minimum atomic E-state index is -0.483. The molecule has 0 bridgehead atoms. The van der Waals surface area contributed by atoms with Crippen LogP contribution in [0.4, 0.5) is 4.79 Å². The summed E-state index contributed by atoms with van der Waals surface area (Å²) in [4.78, 5) is 15.6. The molecule has 0 spiro atoms. The third-order valence-electron chi connectivity index (χ3n) is 2.55. The van der Waals surface area contributed by atoms with Gasteiger partial charge in [-0.05, 0) is 38.5 Å². The largest absolute Gasteiger partial charge is 0.444 e. The number of hydrogen-bond acceptors (Lipinski definition) is 3. The predicted octanol–water partition coefficient (Wildman–Crippen LogP) is 2.90. The molecule has 1 amide bonds. The summed E-state index contributed by atoms with van der Waals surface area (Å²) in [5.41, 5.74) is 1.52. The number of nitrogens with one attached hydrogen (secondary N) is 1. The van der Waals surface area contributed by atoms with Crippen molar-refractivity contribution in [3.05, 3.63) is 48.5 Å². The van der Waals surface area contributed by atoms with Crippen molar-refractivity contribution < 1.29 is 9.53 Å². The fraction of sp³-hybridized carbons (Fsp3) is 0.333. The Balaban J connectivity index is 1.97. The Morgan fingerprint density at radius 1 is 1.40 bits per heavy atom. The van der Waals surface area contributed by atoms with E-state index in [1.54, 1.807) is 12.5 Å². The van der Waals surface area contributed by atoms with Crippen LogP contribution in [-0.2, 0) is 11.3 Å². The summed E-state index contributed by atoms with van der Waals surface area (Å²) >= 11 is 0. The molecular formula is C15H19N3O2. The summed E-state index contributed by atoms with van der Waals surface area (Å²) in [6, 6.07) is 7.89. The van der Waals surface area contributed by atoms with Crippen LogP contribution < -0.4 is 5.32 Å². The minimum absolute atomic E-state index is 0.412. The van der Waals surface area contributed by atoms with Crippen LogP contribution in [0.25, 0.3) is 5.69 Å². The summed E-state index contributed by atoms with van der Waals surface area (Å²) in [6.45, 7) is 5.95. The van der Waals surface area contributed by atoms with Gasteiger partial charge >= 0.3 is 6.09 Å². The van der Waals surface area contributed by atoms with Gasteiger partial charge in [0.15, 0.2) is 0 Å². The molecule has 0 aliphatic heterocycles. The topological polar surface area (TPSA) is 56.1 Å². The van der Waals surface area contributed by atoms with Crippen molar-refractivity contribution in [2.45, 2.75) is 32.9 Å². The standard InChI is InChI=1S/C15H19N3O2/c1-15(2,3)20-14(19)17-10-12-5-4-6-13(9-12)18-8-7-16-11-18/h4-9,11H,10H2,1-3H3,(H,17,19). The van der Waals surface area contributed by atoms with Crippen LogP contribution in [0.1, 0.15) is 26.3 Å². The van der Waals surface area contributed by atoms with Gasteiger partial charge in [0.2, 0.25) is 0 Å². The third-order valence-corrected chi connectivity index (χ3v) is 2.55. The quantitative estimate of drug-likeness (QED) is 0.935. The lowest BCUT2D eigenvalue weighted by Gasteiger charge is -2.19. The van der Waals surface area contributed by atoms with Crippen molar-refractivity contribution in [1.29, 1.82) is 0 Å². The Labute approximate surface area is 118 Å². The van der Waals surface area contributed by atoms with Crippen LogP contribution in [-0.4, -0.2) is 21.2 Å². The van der Waals surface area contributed by atoms with Crippen molar-refractivity contribution in [1.82, 2.24) is 14.9 Å². The molecule has 0 saturated carbocycles. The fourth-order valence-corrected chi connectivity index (χ4v) is 1.73. The molecule has 0 saturated heterocycles. The van der Waals surface area contributed by atoms with Crippen LogP contribution in [0.5, 0.6) is 0 Å². The average molecular weight is 273 g/mol. The maximum Gasteiger partial charge on any atom is 0.407 e. The molecule has 1 N–H and O–H groups in total. The van der Waals surface area contributed by atoms with Crippen molar-refractivity contribution in [3.63, 3.8) is 0 Å². The second-order valence-corrected chi connectivity index (χ2v) is 5.50. The van der Waals surface area contributed by atoms with E-state index < -0.39 is 11.7 Å². The van der Waals surface area contributed by atoms with Crippen LogP contribution in [0.2, 0.25) is 0 Å². The van der Waals surface area contributed by atoms with E-state index >= 15 is 0 Å². The Kier molecular flexibility index (Phi) is 4.08. The SMILES string of the molecule is CC(C)(C)OC(=O)NCc1cccc(-n2ccnc2)c1. The molecule has 0 fully saturated rings. The maximum atomic E-state index is 11.6. The van der Waals surface area contributed by atoms with Crippen LogP contribution >= 0.6 is 0 Å². The predicted molar refractivity (Wildman–Crippen MR) is 76.6 cm³/mol. The molecule has 1 heterocycles. The number of carbonyl (C=O) groups excluding carboxylic acids is 1. The minimum Gasteiger partial charge on any atom is -0.444 e. The number of amides is 1. The number of carbonyl (C=O) groups is 1. The first kappa shape index (κ1) is 14.1. The molecule has 5 heteroatoms. The highest BCUT2D eigenvalue weighted by molar-refractivity contribution is 5.67. The van der Waals surface area contributed by atoms with E-state index in [4.69, 9.17) is 4.74 Å². The van der Waals surface area contributed by atoms with Crippen molar-refractivity contribution in [2.24, 2.45) is 0 Å². The van der Waals surface area contributed by atoms with Crippen molar-refractivity contribution in [2.75, 3.05) is 0 Å². The lowest BCUT2D eigenvalue weighted by atomic mass is 10.2. The number of rotatable bonds is 3. The number of hydrogen-bond donors (Lipinski definition) is 1. The molecule has 106 valence electrons. The first-order valence-corrected chi connectivity index (χ1v) is 6.48. The Hall–Kier alpha value is -2.30. The molecule has 0 atom stereocenters. The lowest BCUT2D eigenvalue weighted by molar-refractivity contribution is 0.0523. The molecule has 0 aliphatic carbocycles. The van der Waals surface area contributed by atoms with Gasteiger partial charge in [0, 0.05) is 24.6 Å². The molecule has 2 rings (SSSR count). The Morgan fingerprint density at radius 2 is 2.20 bits per heavy atom. The Bertz CT molecular complexity index is 571. The monoisotopic (exact) mass is 273 g/mol.